The first-order valence-electron chi connectivity index (χ1n) is 26.3. The fraction of sp³-hybridized carbons (Fsp3) is 0.615. The maximum atomic E-state index is 12.4. The van der Waals surface area contributed by atoms with E-state index in [-0.39, 0.29) is 128 Å². The highest BCUT2D eigenvalue weighted by atomic mass is 16.6. The summed E-state index contributed by atoms with van der Waals surface area (Å²) in [6.07, 6.45) is 5.92. The second-order valence-electron chi connectivity index (χ2n) is 17.3. The summed E-state index contributed by atoms with van der Waals surface area (Å²) in [7, 11) is 0. The first-order chi connectivity index (χ1) is 37.1. The molecule has 6 amide bonds. The molecule has 0 aromatic heterocycles. The summed E-state index contributed by atoms with van der Waals surface area (Å²) in [6.45, 7) is 5.27. The molecule has 0 heterocycles. The van der Waals surface area contributed by atoms with Gasteiger partial charge in [0.25, 0.3) is 0 Å². The Labute approximate surface area is 449 Å². The lowest BCUT2D eigenvalue weighted by atomic mass is 10.1. The van der Waals surface area contributed by atoms with Crippen LogP contribution in [0.2, 0.25) is 0 Å². The van der Waals surface area contributed by atoms with E-state index in [2.05, 4.69) is 31.9 Å². The summed E-state index contributed by atoms with van der Waals surface area (Å²) in [5.74, 6) is -2.94. The van der Waals surface area contributed by atoms with Gasteiger partial charge in [-0.15, -0.1) is 0 Å². The van der Waals surface area contributed by atoms with Gasteiger partial charge >= 0.3 is 48.1 Å². The number of hydrogen-bond donors (Lipinski definition) is 10. The van der Waals surface area contributed by atoms with Gasteiger partial charge < -0.3 is 85.5 Å². The first kappa shape index (κ1) is 65.7. The molecule has 0 fully saturated rings. The van der Waals surface area contributed by atoms with Crippen molar-refractivity contribution in [3.63, 3.8) is 0 Å². The zero-order valence-electron chi connectivity index (χ0n) is 44.3. The molecule has 25 heteroatoms. The number of benzene rings is 2. The highest BCUT2D eigenvalue weighted by Gasteiger charge is 2.23. The van der Waals surface area contributed by atoms with Gasteiger partial charge in [0.1, 0.15) is 25.3 Å². The number of carbonyl (C=O) groups is 8. The Balaban J connectivity index is 1.39. The SMILES string of the molecule is CCOC(=O)C(CCCCNC(=O)OCCCCCC(=O)OCCOCCOC(=O)CCCCCOC(=O)NCCCCC(NC(=O)NCCc1ccc(O)c(O)c1)C(=O)OCC)NC(=O)NCCc1ccc(O)c(O)c1. The number of urea groups is 2. The molecule has 2 aromatic carbocycles. The van der Waals surface area contributed by atoms with Crippen LogP contribution < -0.4 is 31.9 Å². The lowest BCUT2D eigenvalue weighted by Crippen LogP contribution is -2.47. The quantitative estimate of drug-likeness (QED) is 0.0186. The molecule has 25 nitrogen and oxygen atoms in total. The third-order valence-corrected chi connectivity index (χ3v) is 11.1. The summed E-state index contributed by atoms with van der Waals surface area (Å²) >= 11 is 0. The molecule has 77 heavy (non-hydrogen) atoms. The molecule has 0 aliphatic carbocycles. The molecule has 2 unspecified atom stereocenters. The number of amides is 6. The van der Waals surface area contributed by atoms with Crippen LogP contribution in [0.5, 0.6) is 23.0 Å². The molecule has 0 aliphatic heterocycles. The van der Waals surface area contributed by atoms with Gasteiger partial charge in [-0.2, -0.15) is 0 Å². The number of phenols is 4. The van der Waals surface area contributed by atoms with E-state index in [0.29, 0.717) is 88.2 Å². The van der Waals surface area contributed by atoms with Crippen LogP contribution in [0.1, 0.15) is 115 Å². The number of alkyl carbamates (subject to hydrolysis) is 2. The van der Waals surface area contributed by atoms with Crippen LogP contribution in [0, 0.1) is 0 Å². The highest BCUT2D eigenvalue weighted by Crippen LogP contribution is 2.26. The third-order valence-electron chi connectivity index (χ3n) is 11.1. The number of rotatable bonds is 40. The molecule has 432 valence electrons. The van der Waals surface area contributed by atoms with Gasteiger partial charge in [0, 0.05) is 39.0 Å². The average molecular weight is 1090 g/mol. The minimum Gasteiger partial charge on any atom is -0.504 e. The van der Waals surface area contributed by atoms with Gasteiger partial charge in [-0.1, -0.05) is 12.1 Å². The van der Waals surface area contributed by atoms with Crippen LogP contribution in [0.4, 0.5) is 19.2 Å². The minimum atomic E-state index is -0.893. The predicted octanol–water partition coefficient (Wildman–Crippen LogP) is 4.77. The van der Waals surface area contributed by atoms with E-state index in [9.17, 15) is 58.8 Å². The number of phenolic OH excluding ortho intramolecular Hbond substituents is 4. The van der Waals surface area contributed by atoms with E-state index in [1.54, 1.807) is 26.0 Å². The van der Waals surface area contributed by atoms with E-state index in [4.69, 9.17) is 33.2 Å². The molecule has 2 atom stereocenters. The number of hydrogen-bond acceptors (Lipinski definition) is 19. The van der Waals surface area contributed by atoms with Crippen molar-refractivity contribution in [2.45, 2.75) is 129 Å². The molecule has 0 spiro atoms. The van der Waals surface area contributed by atoms with Crippen LogP contribution in [0.15, 0.2) is 36.4 Å². The van der Waals surface area contributed by atoms with Crippen molar-refractivity contribution in [3.05, 3.63) is 47.5 Å². The van der Waals surface area contributed by atoms with Crippen molar-refractivity contribution in [2.75, 3.05) is 79.0 Å². The first-order valence-corrected chi connectivity index (χ1v) is 26.3. The normalized spacial score (nSPS) is 11.5. The predicted molar refractivity (Wildman–Crippen MR) is 277 cm³/mol. The van der Waals surface area contributed by atoms with Gasteiger partial charge in [-0.05, 0) is 139 Å². The Morgan fingerprint density at radius 1 is 0.429 bits per heavy atom. The number of carbonyl (C=O) groups excluding carboxylic acids is 8. The summed E-state index contributed by atoms with van der Waals surface area (Å²) in [5.41, 5.74) is 1.40. The molecule has 0 saturated carbocycles. The van der Waals surface area contributed by atoms with Crippen LogP contribution in [0.3, 0.4) is 0 Å². The van der Waals surface area contributed by atoms with Gasteiger partial charge in [0.2, 0.25) is 0 Å². The number of ether oxygens (including phenoxy) is 7. The Morgan fingerprint density at radius 2 is 0.844 bits per heavy atom. The molecular formula is C52H80N6O19. The van der Waals surface area contributed by atoms with Crippen molar-refractivity contribution in [1.29, 1.82) is 0 Å². The lowest BCUT2D eigenvalue weighted by Gasteiger charge is -2.18. The molecular weight excluding hydrogens is 1010 g/mol. The number of aromatic hydroxyl groups is 4. The van der Waals surface area contributed by atoms with Crippen LogP contribution in [-0.2, 0) is 65.2 Å². The number of nitrogens with one attached hydrogen (secondary N) is 6. The maximum absolute atomic E-state index is 12.4. The zero-order valence-corrected chi connectivity index (χ0v) is 44.3. The number of esters is 4. The van der Waals surface area contributed by atoms with Crippen LogP contribution in [0.25, 0.3) is 0 Å². The fourth-order valence-electron chi connectivity index (χ4n) is 7.02. The van der Waals surface area contributed by atoms with Crippen molar-refractivity contribution in [3.8, 4) is 23.0 Å². The Morgan fingerprint density at radius 3 is 1.23 bits per heavy atom. The van der Waals surface area contributed by atoms with Gasteiger partial charge in [0.05, 0.1) is 39.6 Å². The second kappa shape index (κ2) is 40.8. The second-order valence-corrected chi connectivity index (χ2v) is 17.3. The highest BCUT2D eigenvalue weighted by molar-refractivity contribution is 5.84. The molecule has 2 rings (SSSR count). The van der Waals surface area contributed by atoms with E-state index in [1.165, 1.54) is 24.3 Å². The van der Waals surface area contributed by atoms with Crippen molar-refractivity contribution < 1.29 is 91.9 Å². The molecule has 2 aromatic rings. The Kier molecular flexibility index (Phi) is 34.8. The summed E-state index contributed by atoms with van der Waals surface area (Å²) in [5, 5.41) is 53.9. The van der Waals surface area contributed by atoms with Gasteiger partial charge in [-0.25, -0.2) is 28.8 Å². The van der Waals surface area contributed by atoms with E-state index >= 15 is 0 Å². The van der Waals surface area contributed by atoms with E-state index in [1.807, 2.05) is 0 Å². The number of unbranched alkanes of at least 4 members (excludes halogenated alkanes) is 6. The fourth-order valence-corrected chi connectivity index (χ4v) is 7.02. The molecule has 0 aliphatic rings. The monoisotopic (exact) mass is 1090 g/mol. The summed E-state index contributed by atoms with van der Waals surface area (Å²) in [4.78, 5) is 97.9. The van der Waals surface area contributed by atoms with Crippen molar-refractivity contribution in [2.24, 2.45) is 0 Å². The van der Waals surface area contributed by atoms with Crippen LogP contribution >= 0.6 is 0 Å². The smallest absolute Gasteiger partial charge is 0.407 e. The minimum absolute atomic E-state index is 0.0409. The molecule has 0 bridgehead atoms. The Bertz CT molecular complexity index is 1950. The lowest BCUT2D eigenvalue weighted by molar-refractivity contribution is -0.147. The Hall–Kier alpha value is -7.44. The standard InChI is InChI=1S/C52H80N6O19/c1-3-72-47(65)39(57-49(67)53-27-23-37-19-21-41(59)43(61)35-37)15-9-11-25-55-51(69)76-29-13-5-7-17-45(63)74-33-31-71-32-34-75-46(64)18-8-6-14-30-77-52(70)56-26-12-10-16-40(48(66)73-4-2)58-50(68)54-28-24-38-20-22-42(60)44(62)36-38/h19-22,35-36,39-40,59-62H,3-18,23-34H2,1-2H3,(H,55,69)(H,56,70)(H2,53,57,67)(H2,54,58,68). The van der Waals surface area contributed by atoms with Gasteiger partial charge in [-0.3, -0.25) is 9.59 Å². The molecule has 10 N–H and O–H groups in total. The average Bonchev–Trinajstić information content (AvgIpc) is 3.39. The van der Waals surface area contributed by atoms with Crippen molar-refractivity contribution >= 4 is 48.1 Å². The van der Waals surface area contributed by atoms with E-state index in [0.717, 1.165) is 0 Å². The van der Waals surface area contributed by atoms with Crippen molar-refractivity contribution in [1.82, 2.24) is 31.9 Å². The summed E-state index contributed by atoms with van der Waals surface area (Å²) < 4.78 is 36.2. The topological polar surface area (TPSA) is 354 Å². The molecule has 0 saturated heterocycles. The summed E-state index contributed by atoms with van der Waals surface area (Å²) in [6, 6.07) is 5.81. The molecule has 0 radical (unpaired) electrons. The van der Waals surface area contributed by atoms with Gasteiger partial charge in [0.15, 0.2) is 23.0 Å². The zero-order chi connectivity index (χ0) is 56.5. The third kappa shape index (κ3) is 32.6. The van der Waals surface area contributed by atoms with E-state index < -0.39 is 60.2 Å². The maximum Gasteiger partial charge on any atom is 0.407 e. The van der Waals surface area contributed by atoms with Crippen LogP contribution in [-0.4, -0.2) is 160 Å². The largest absolute Gasteiger partial charge is 0.504 e.